The Hall–Kier alpha value is -0.120. The zero-order valence-electron chi connectivity index (χ0n) is 13.6. The van der Waals surface area contributed by atoms with Gasteiger partial charge in [-0.1, -0.05) is 6.92 Å². The van der Waals surface area contributed by atoms with Crippen molar-refractivity contribution in [1.29, 1.82) is 0 Å². The van der Waals surface area contributed by atoms with Gasteiger partial charge in [0.25, 0.3) is 0 Å². The largest absolute Gasteiger partial charge is 0.317 e. The minimum atomic E-state index is 0.327. The topological polar surface area (TPSA) is 18.5 Å². The molecular formula is C16H33N3. The lowest BCUT2D eigenvalue weighted by molar-refractivity contribution is 0.0228. The number of hydrogen-bond donors (Lipinski definition) is 1. The molecule has 1 N–H and O–H groups in total. The summed E-state index contributed by atoms with van der Waals surface area (Å²) in [4.78, 5) is 5.20. The van der Waals surface area contributed by atoms with E-state index in [-0.39, 0.29) is 0 Å². The first-order chi connectivity index (χ1) is 8.92. The molecule has 19 heavy (non-hydrogen) atoms. The second-order valence-corrected chi connectivity index (χ2v) is 7.54. The fourth-order valence-electron chi connectivity index (χ4n) is 3.91. The summed E-state index contributed by atoms with van der Waals surface area (Å²) in [7, 11) is 4.40. The van der Waals surface area contributed by atoms with E-state index in [4.69, 9.17) is 0 Å². The third-order valence-electron chi connectivity index (χ3n) is 5.50. The molecule has 0 aromatic rings. The van der Waals surface area contributed by atoms with Crippen LogP contribution >= 0.6 is 0 Å². The molecule has 2 aliphatic rings. The summed E-state index contributed by atoms with van der Waals surface area (Å²) in [5.41, 5.74) is 0.327. The molecule has 1 aliphatic heterocycles. The summed E-state index contributed by atoms with van der Waals surface area (Å²) in [6.07, 6.45) is 4.16. The van der Waals surface area contributed by atoms with Crippen LogP contribution in [0.5, 0.6) is 0 Å². The van der Waals surface area contributed by atoms with Crippen LogP contribution in [-0.4, -0.2) is 61.7 Å². The molecular weight excluding hydrogens is 234 g/mol. The highest BCUT2D eigenvalue weighted by molar-refractivity contribution is 4.91. The number of likely N-dealkylation sites (N-methyl/N-ethyl adjacent to an activating group) is 1. The molecule has 2 rings (SSSR count). The molecule has 0 amide bonds. The average Bonchev–Trinajstić information content (AvgIpc) is 2.34. The molecule has 1 heterocycles. The Morgan fingerprint density at radius 1 is 1.21 bits per heavy atom. The van der Waals surface area contributed by atoms with E-state index < -0.39 is 0 Å². The van der Waals surface area contributed by atoms with Crippen molar-refractivity contribution < 1.29 is 0 Å². The van der Waals surface area contributed by atoms with Crippen LogP contribution in [0.1, 0.15) is 40.0 Å². The molecule has 0 radical (unpaired) electrons. The SMILES string of the molecule is CNC1CCC(C)CC1CN1CCN(C)C(C)(C)C1. The van der Waals surface area contributed by atoms with Crippen LogP contribution in [0.25, 0.3) is 0 Å². The number of nitrogens with one attached hydrogen (secondary N) is 1. The molecule has 3 atom stereocenters. The van der Waals surface area contributed by atoms with E-state index in [0.29, 0.717) is 5.54 Å². The van der Waals surface area contributed by atoms with Gasteiger partial charge < -0.3 is 5.32 Å². The Labute approximate surface area is 119 Å². The molecule has 3 nitrogen and oxygen atoms in total. The Balaban J connectivity index is 1.92. The standard InChI is InChI=1S/C16H33N3/c1-13-6-7-15(17-4)14(10-13)11-19-9-8-18(5)16(2,3)12-19/h13-15,17H,6-12H2,1-5H3. The summed E-state index contributed by atoms with van der Waals surface area (Å²) in [5, 5.41) is 3.56. The van der Waals surface area contributed by atoms with Crippen LogP contribution in [0, 0.1) is 11.8 Å². The molecule has 0 spiro atoms. The van der Waals surface area contributed by atoms with Gasteiger partial charge in [0.15, 0.2) is 0 Å². The zero-order valence-corrected chi connectivity index (χ0v) is 13.6. The first kappa shape index (κ1) is 15.3. The van der Waals surface area contributed by atoms with Crippen molar-refractivity contribution in [2.75, 3.05) is 40.3 Å². The minimum Gasteiger partial charge on any atom is -0.317 e. The van der Waals surface area contributed by atoms with E-state index in [2.05, 4.69) is 50.0 Å². The van der Waals surface area contributed by atoms with Gasteiger partial charge in [-0.05, 0) is 59.0 Å². The second kappa shape index (κ2) is 6.11. The Morgan fingerprint density at radius 3 is 2.58 bits per heavy atom. The van der Waals surface area contributed by atoms with Crippen molar-refractivity contribution in [1.82, 2.24) is 15.1 Å². The van der Waals surface area contributed by atoms with E-state index >= 15 is 0 Å². The molecule has 0 bridgehead atoms. The predicted molar refractivity (Wildman–Crippen MR) is 82.5 cm³/mol. The van der Waals surface area contributed by atoms with Gasteiger partial charge in [0.05, 0.1) is 0 Å². The average molecular weight is 267 g/mol. The highest BCUT2D eigenvalue weighted by Crippen LogP contribution is 2.30. The van der Waals surface area contributed by atoms with E-state index in [9.17, 15) is 0 Å². The first-order valence-corrected chi connectivity index (χ1v) is 8.03. The number of hydrogen-bond acceptors (Lipinski definition) is 3. The van der Waals surface area contributed by atoms with Gasteiger partial charge in [-0.2, -0.15) is 0 Å². The van der Waals surface area contributed by atoms with Crippen LogP contribution in [0.4, 0.5) is 0 Å². The second-order valence-electron chi connectivity index (χ2n) is 7.54. The van der Waals surface area contributed by atoms with E-state index in [0.717, 1.165) is 17.9 Å². The molecule has 3 heteroatoms. The molecule has 1 saturated carbocycles. The third-order valence-corrected chi connectivity index (χ3v) is 5.50. The number of nitrogens with zero attached hydrogens (tertiary/aromatic N) is 2. The molecule has 3 unspecified atom stereocenters. The summed E-state index contributed by atoms with van der Waals surface area (Å²) in [5.74, 6) is 1.75. The maximum atomic E-state index is 3.56. The highest BCUT2D eigenvalue weighted by Gasteiger charge is 2.34. The zero-order chi connectivity index (χ0) is 14.0. The summed E-state index contributed by atoms with van der Waals surface area (Å²) < 4.78 is 0. The third kappa shape index (κ3) is 3.71. The quantitative estimate of drug-likeness (QED) is 0.844. The van der Waals surface area contributed by atoms with E-state index in [1.54, 1.807) is 0 Å². The summed E-state index contributed by atoms with van der Waals surface area (Å²) in [6, 6.07) is 0.735. The van der Waals surface area contributed by atoms with Crippen LogP contribution in [-0.2, 0) is 0 Å². The smallest absolute Gasteiger partial charge is 0.0277 e. The van der Waals surface area contributed by atoms with Crippen molar-refractivity contribution in [2.45, 2.75) is 51.6 Å². The molecule has 0 aromatic carbocycles. The Kier molecular flexibility index (Phi) is 4.91. The van der Waals surface area contributed by atoms with Gasteiger partial charge in [0.2, 0.25) is 0 Å². The number of rotatable bonds is 3. The lowest BCUT2D eigenvalue weighted by Gasteiger charge is -2.47. The van der Waals surface area contributed by atoms with Gasteiger partial charge in [0.1, 0.15) is 0 Å². The van der Waals surface area contributed by atoms with Gasteiger partial charge >= 0.3 is 0 Å². The minimum absolute atomic E-state index is 0.327. The lowest BCUT2D eigenvalue weighted by atomic mass is 9.78. The summed E-state index contributed by atoms with van der Waals surface area (Å²) in [6.45, 7) is 12.1. The van der Waals surface area contributed by atoms with Gasteiger partial charge in [-0.25, -0.2) is 0 Å². The van der Waals surface area contributed by atoms with Crippen LogP contribution in [0.15, 0.2) is 0 Å². The lowest BCUT2D eigenvalue weighted by Crippen LogP contribution is -2.59. The van der Waals surface area contributed by atoms with Crippen molar-refractivity contribution >= 4 is 0 Å². The fraction of sp³-hybridized carbons (Fsp3) is 1.00. The van der Waals surface area contributed by atoms with Crippen LogP contribution in [0.2, 0.25) is 0 Å². The highest BCUT2D eigenvalue weighted by atomic mass is 15.3. The van der Waals surface area contributed by atoms with Crippen molar-refractivity contribution in [3.8, 4) is 0 Å². The summed E-state index contributed by atoms with van der Waals surface area (Å²) >= 11 is 0. The number of piperazine rings is 1. The van der Waals surface area contributed by atoms with Crippen molar-refractivity contribution in [2.24, 2.45) is 11.8 Å². The molecule has 0 aromatic heterocycles. The van der Waals surface area contributed by atoms with Crippen LogP contribution < -0.4 is 5.32 Å². The van der Waals surface area contributed by atoms with E-state index in [1.807, 2.05) is 0 Å². The molecule has 2 fully saturated rings. The van der Waals surface area contributed by atoms with Crippen molar-refractivity contribution in [3.63, 3.8) is 0 Å². The van der Waals surface area contributed by atoms with Gasteiger partial charge in [-0.3, -0.25) is 9.80 Å². The Bertz CT molecular complexity index is 290. The molecule has 1 aliphatic carbocycles. The monoisotopic (exact) mass is 267 g/mol. The van der Waals surface area contributed by atoms with Crippen LogP contribution in [0.3, 0.4) is 0 Å². The molecule has 112 valence electrons. The maximum absolute atomic E-state index is 3.56. The van der Waals surface area contributed by atoms with E-state index in [1.165, 1.54) is 45.4 Å². The fourth-order valence-corrected chi connectivity index (χ4v) is 3.91. The Morgan fingerprint density at radius 2 is 1.95 bits per heavy atom. The first-order valence-electron chi connectivity index (χ1n) is 8.03. The predicted octanol–water partition coefficient (Wildman–Crippen LogP) is 2.04. The maximum Gasteiger partial charge on any atom is 0.0277 e. The van der Waals surface area contributed by atoms with Crippen molar-refractivity contribution in [3.05, 3.63) is 0 Å². The molecule has 1 saturated heterocycles. The van der Waals surface area contributed by atoms with Gasteiger partial charge in [-0.15, -0.1) is 0 Å². The van der Waals surface area contributed by atoms with Gasteiger partial charge in [0, 0.05) is 37.8 Å². The normalized spacial score (nSPS) is 37.4.